The molecule has 8 heteroatoms. The van der Waals surface area contributed by atoms with Crippen LogP contribution >= 0.6 is 11.8 Å². The molecule has 0 bridgehead atoms. The van der Waals surface area contributed by atoms with E-state index >= 15 is 0 Å². The molecule has 1 aromatic rings. The van der Waals surface area contributed by atoms with E-state index < -0.39 is 15.6 Å². The molecule has 0 aliphatic rings. The zero-order valence-corrected chi connectivity index (χ0v) is 11.2. The van der Waals surface area contributed by atoms with Gasteiger partial charge < -0.3 is 15.2 Å². The van der Waals surface area contributed by atoms with E-state index in [2.05, 4.69) is 4.98 Å². The van der Waals surface area contributed by atoms with Gasteiger partial charge in [0.2, 0.25) is 0 Å². The minimum atomic E-state index is -0.900. The minimum Gasteiger partial charge on any atom is -0.480 e. The van der Waals surface area contributed by atoms with E-state index in [0.717, 1.165) is 0 Å². The standard InChI is InChI=1S/C10H15N3O4S/c1-7-11-6-8(13(16)17)12(7)4-5-18-10(2,3)9(14)15/h6H,4-5H2,1-3H3,(H,14,15). The molecule has 0 amide bonds. The highest BCUT2D eigenvalue weighted by molar-refractivity contribution is 8.01. The van der Waals surface area contributed by atoms with Gasteiger partial charge >= 0.3 is 11.8 Å². The van der Waals surface area contributed by atoms with Gasteiger partial charge in [0.25, 0.3) is 0 Å². The highest BCUT2D eigenvalue weighted by Gasteiger charge is 2.28. The molecule has 0 spiro atoms. The van der Waals surface area contributed by atoms with Crippen molar-refractivity contribution in [2.75, 3.05) is 5.75 Å². The Labute approximate surface area is 108 Å². The van der Waals surface area contributed by atoms with E-state index in [4.69, 9.17) is 5.11 Å². The number of aryl methyl sites for hydroxylation is 1. The summed E-state index contributed by atoms with van der Waals surface area (Å²) >= 11 is 1.24. The summed E-state index contributed by atoms with van der Waals surface area (Å²) in [4.78, 5) is 25.0. The molecule has 7 nitrogen and oxygen atoms in total. The van der Waals surface area contributed by atoms with Crippen LogP contribution in [0.3, 0.4) is 0 Å². The Morgan fingerprint density at radius 1 is 1.67 bits per heavy atom. The van der Waals surface area contributed by atoms with Gasteiger partial charge in [0, 0.05) is 12.7 Å². The molecular formula is C10H15N3O4S. The topological polar surface area (TPSA) is 98.3 Å². The van der Waals surface area contributed by atoms with Gasteiger partial charge in [-0.05, 0) is 18.8 Å². The summed E-state index contributed by atoms with van der Waals surface area (Å²) < 4.78 is 0.578. The minimum absolute atomic E-state index is 0.0683. The van der Waals surface area contributed by atoms with Crippen molar-refractivity contribution < 1.29 is 14.8 Å². The van der Waals surface area contributed by atoms with Gasteiger partial charge in [0.15, 0.2) is 5.82 Å². The number of carboxylic acids is 1. The smallest absolute Gasteiger partial charge is 0.342 e. The molecule has 0 saturated carbocycles. The third kappa shape index (κ3) is 3.22. The van der Waals surface area contributed by atoms with E-state index in [-0.39, 0.29) is 5.82 Å². The number of nitro groups is 1. The predicted octanol–water partition coefficient (Wildman–Crippen LogP) is 1.70. The summed E-state index contributed by atoms with van der Waals surface area (Å²) in [7, 11) is 0. The Bertz CT molecular complexity index is 470. The molecule has 0 saturated heterocycles. The number of aromatic nitrogens is 2. The second-order valence-electron chi connectivity index (χ2n) is 4.24. The van der Waals surface area contributed by atoms with Crippen LogP contribution in [0.25, 0.3) is 0 Å². The Balaban J connectivity index is 2.67. The van der Waals surface area contributed by atoms with Crippen LogP contribution in [0.15, 0.2) is 6.20 Å². The van der Waals surface area contributed by atoms with Crippen molar-refractivity contribution in [3.63, 3.8) is 0 Å². The van der Waals surface area contributed by atoms with Gasteiger partial charge in [-0.25, -0.2) is 9.55 Å². The number of hydrogen-bond acceptors (Lipinski definition) is 5. The van der Waals surface area contributed by atoms with E-state index in [1.165, 1.54) is 22.5 Å². The molecule has 1 heterocycles. The van der Waals surface area contributed by atoms with Crippen LogP contribution in [-0.4, -0.2) is 36.1 Å². The second-order valence-corrected chi connectivity index (χ2v) is 5.95. The quantitative estimate of drug-likeness (QED) is 0.625. The van der Waals surface area contributed by atoms with Crippen LogP contribution in [-0.2, 0) is 11.3 Å². The Morgan fingerprint density at radius 2 is 2.28 bits per heavy atom. The zero-order chi connectivity index (χ0) is 13.9. The summed E-state index contributed by atoms with van der Waals surface area (Å²) in [5.41, 5.74) is 0. The number of nitrogens with zero attached hydrogens (tertiary/aromatic N) is 3. The van der Waals surface area contributed by atoms with Crippen molar-refractivity contribution in [3.05, 3.63) is 22.1 Å². The van der Waals surface area contributed by atoms with Gasteiger partial charge in [0.1, 0.15) is 17.5 Å². The Hall–Kier alpha value is -1.57. The molecule has 0 aliphatic heterocycles. The molecule has 0 radical (unpaired) electrons. The van der Waals surface area contributed by atoms with Gasteiger partial charge in [-0.3, -0.25) is 4.79 Å². The molecule has 100 valence electrons. The van der Waals surface area contributed by atoms with Crippen LogP contribution in [0, 0.1) is 17.0 Å². The van der Waals surface area contributed by atoms with Gasteiger partial charge in [-0.1, -0.05) is 0 Å². The van der Waals surface area contributed by atoms with Crippen molar-refractivity contribution in [2.24, 2.45) is 0 Å². The van der Waals surface area contributed by atoms with Crippen LogP contribution in [0.4, 0.5) is 5.82 Å². The van der Waals surface area contributed by atoms with Crippen molar-refractivity contribution in [3.8, 4) is 0 Å². The maximum absolute atomic E-state index is 10.9. The number of aliphatic carboxylic acids is 1. The lowest BCUT2D eigenvalue weighted by atomic mass is 10.2. The highest BCUT2D eigenvalue weighted by atomic mass is 32.2. The largest absolute Gasteiger partial charge is 0.480 e. The number of thioether (sulfide) groups is 1. The van der Waals surface area contributed by atoms with E-state index in [9.17, 15) is 14.9 Å². The molecule has 0 aromatic carbocycles. The molecule has 0 atom stereocenters. The predicted molar refractivity (Wildman–Crippen MR) is 67.8 cm³/mol. The highest BCUT2D eigenvalue weighted by Crippen LogP contribution is 2.25. The van der Waals surface area contributed by atoms with E-state index in [1.54, 1.807) is 20.8 Å². The fourth-order valence-electron chi connectivity index (χ4n) is 1.33. The molecule has 0 fully saturated rings. The summed E-state index contributed by atoms with van der Waals surface area (Å²) in [6.45, 7) is 5.26. The summed E-state index contributed by atoms with van der Waals surface area (Å²) in [6.07, 6.45) is 1.21. The second kappa shape index (κ2) is 5.38. The molecule has 1 rings (SSSR count). The van der Waals surface area contributed by atoms with E-state index in [1.807, 2.05) is 0 Å². The van der Waals surface area contributed by atoms with Gasteiger partial charge in [-0.15, -0.1) is 11.8 Å². The number of carboxylic acid groups (broad SMARTS) is 1. The van der Waals surface area contributed by atoms with Gasteiger partial charge in [0.05, 0.1) is 0 Å². The lowest BCUT2D eigenvalue weighted by Gasteiger charge is -2.17. The molecule has 0 aliphatic carbocycles. The molecular weight excluding hydrogens is 258 g/mol. The van der Waals surface area contributed by atoms with Crippen molar-refractivity contribution in [2.45, 2.75) is 32.1 Å². The van der Waals surface area contributed by atoms with Crippen LogP contribution in [0.1, 0.15) is 19.7 Å². The maximum atomic E-state index is 10.9. The van der Waals surface area contributed by atoms with Crippen molar-refractivity contribution in [1.82, 2.24) is 9.55 Å². The van der Waals surface area contributed by atoms with Crippen molar-refractivity contribution in [1.29, 1.82) is 0 Å². The van der Waals surface area contributed by atoms with Crippen LogP contribution in [0.5, 0.6) is 0 Å². The molecule has 1 aromatic heterocycles. The number of imidazole rings is 1. The first-order valence-corrected chi connectivity index (χ1v) is 6.28. The molecule has 18 heavy (non-hydrogen) atoms. The van der Waals surface area contributed by atoms with Crippen LogP contribution < -0.4 is 0 Å². The maximum Gasteiger partial charge on any atom is 0.342 e. The summed E-state index contributed by atoms with van der Waals surface area (Å²) in [5.74, 6) is 0.0539. The van der Waals surface area contributed by atoms with Crippen LogP contribution in [0.2, 0.25) is 0 Å². The molecule has 1 N–H and O–H groups in total. The van der Waals surface area contributed by atoms with Gasteiger partial charge in [-0.2, -0.15) is 0 Å². The normalized spacial score (nSPS) is 11.5. The Kier molecular flexibility index (Phi) is 4.33. The molecule has 0 unspecified atom stereocenters. The van der Waals surface area contributed by atoms with Crippen molar-refractivity contribution >= 4 is 23.5 Å². The number of rotatable bonds is 6. The third-order valence-electron chi connectivity index (χ3n) is 2.51. The lowest BCUT2D eigenvalue weighted by molar-refractivity contribution is -0.392. The monoisotopic (exact) mass is 273 g/mol. The number of carbonyl (C=O) groups is 1. The SMILES string of the molecule is Cc1ncc([N+](=O)[O-])n1CCSC(C)(C)C(=O)O. The zero-order valence-electron chi connectivity index (χ0n) is 10.4. The summed E-state index contributed by atoms with van der Waals surface area (Å²) in [6, 6.07) is 0. The Morgan fingerprint density at radius 3 is 2.78 bits per heavy atom. The first kappa shape index (κ1) is 14.5. The lowest BCUT2D eigenvalue weighted by Crippen LogP contribution is -2.28. The first-order chi connectivity index (χ1) is 8.25. The fourth-order valence-corrected chi connectivity index (χ4v) is 2.24. The summed E-state index contributed by atoms with van der Waals surface area (Å²) in [5, 5.41) is 19.7. The first-order valence-electron chi connectivity index (χ1n) is 5.29. The third-order valence-corrected chi connectivity index (χ3v) is 3.80. The average molecular weight is 273 g/mol. The van der Waals surface area contributed by atoms with E-state index in [0.29, 0.717) is 18.1 Å². The fraction of sp³-hybridized carbons (Fsp3) is 0.600. The average Bonchev–Trinajstić information content (AvgIpc) is 2.60. The number of hydrogen-bond donors (Lipinski definition) is 1.